The van der Waals surface area contributed by atoms with Crippen LogP contribution in [-0.4, -0.2) is 19.2 Å². The van der Waals surface area contributed by atoms with Crippen molar-refractivity contribution in [1.29, 1.82) is 0 Å². The minimum absolute atomic E-state index is 0.765. The van der Waals surface area contributed by atoms with Gasteiger partial charge in [0.15, 0.2) is 11.5 Å². The van der Waals surface area contributed by atoms with Gasteiger partial charge in [0.05, 0.1) is 0 Å². The van der Waals surface area contributed by atoms with Crippen LogP contribution in [0.25, 0.3) is 27.9 Å². The average molecular weight is 262 g/mol. The Morgan fingerprint density at radius 3 is 2.85 bits per heavy atom. The van der Waals surface area contributed by atoms with Crippen LogP contribution in [-0.2, 0) is 7.05 Å². The molecule has 4 rings (SSSR count). The molecule has 1 aromatic carbocycles. The van der Waals surface area contributed by atoms with Gasteiger partial charge in [0, 0.05) is 35.9 Å². The number of pyridine rings is 1. The molecule has 0 spiro atoms. The lowest BCUT2D eigenvalue weighted by atomic mass is 10.1. The Morgan fingerprint density at radius 2 is 2.00 bits per heavy atom. The summed E-state index contributed by atoms with van der Waals surface area (Å²) in [6.07, 6.45) is 4.06. The van der Waals surface area contributed by atoms with Gasteiger partial charge in [0.1, 0.15) is 0 Å². The summed E-state index contributed by atoms with van der Waals surface area (Å²) in [6, 6.07) is 12.3. The molecule has 0 aliphatic carbocycles. The Morgan fingerprint density at radius 1 is 1.10 bits per heavy atom. The van der Waals surface area contributed by atoms with Crippen molar-refractivity contribution in [2.45, 2.75) is 6.92 Å². The molecule has 0 aliphatic heterocycles. The van der Waals surface area contributed by atoms with Gasteiger partial charge in [-0.05, 0) is 42.8 Å². The minimum atomic E-state index is 0.765. The first-order valence-electron chi connectivity index (χ1n) is 6.60. The molecule has 20 heavy (non-hydrogen) atoms. The summed E-state index contributed by atoms with van der Waals surface area (Å²) >= 11 is 0. The van der Waals surface area contributed by atoms with Crippen molar-refractivity contribution in [2.75, 3.05) is 0 Å². The molecule has 0 bridgehead atoms. The second-order valence-electron chi connectivity index (χ2n) is 5.09. The maximum absolute atomic E-state index is 4.57. The molecule has 3 heterocycles. The van der Waals surface area contributed by atoms with Crippen molar-refractivity contribution in [1.82, 2.24) is 19.2 Å². The maximum atomic E-state index is 4.57. The van der Waals surface area contributed by atoms with Crippen molar-refractivity contribution >= 4 is 16.6 Å². The fraction of sp³-hybridized carbons (Fsp3) is 0.125. The smallest absolute Gasteiger partial charge is 0.182 e. The highest BCUT2D eigenvalue weighted by Gasteiger charge is 2.09. The van der Waals surface area contributed by atoms with Crippen LogP contribution in [0.5, 0.6) is 0 Å². The van der Waals surface area contributed by atoms with Gasteiger partial charge < -0.3 is 4.57 Å². The SMILES string of the molecule is Cc1cn(C)c2ccc(-c3nc4ccccn4n3)cc12. The molecule has 0 radical (unpaired) electrons. The van der Waals surface area contributed by atoms with Crippen molar-refractivity contribution < 1.29 is 0 Å². The van der Waals surface area contributed by atoms with Gasteiger partial charge in [-0.3, -0.25) is 0 Å². The van der Waals surface area contributed by atoms with Crippen molar-refractivity contribution in [3.63, 3.8) is 0 Å². The van der Waals surface area contributed by atoms with Crippen LogP contribution in [0.4, 0.5) is 0 Å². The molecular formula is C16H14N4. The van der Waals surface area contributed by atoms with E-state index in [0.29, 0.717) is 0 Å². The first-order valence-corrected chi connectivity index (χ1v) is 6.60. The molecule has 0 saturated carbocycles. The van der Waals surface area contributed by atoms with Gasteiger partial charge in [-0.2, -0.15) is 0 Å². The predicted molar refractivity (Wildman–Crippen MR) is 79.6 cm³/mol. The van der Waals surface area contributed by atoms with Crippen molar-refractivity contribution in [3.05, 3.63) is 54.4 Å². The Balaban J connectivity index is 1.95. The number of aromatic nitrogens is 4. The van der Waals surface area contributed by atoms with Crippen LogP contribution in [0.2, 0.25) is 0 Å². The summed E-state index contributed by atoms with van der Waals surface area (Å²) in [6.45, 7) is 2.13. The number of nitrogens with zero attached hydrogens (tertiary/aromatic N) is 4. The van der Waals surface area contributed by atoms with E-state index in [1.807, 2.05) is 24.4 Å². The molecule has 4 heteroatoms. The van der Waals surface area contributed by atoms with Gasteiger partial charge >= 0.3 is 0 Å². The number of hydrogen-bond donors (Lipinski definition) is 0. The first kappa shape index (κ1) is 11.2. The first-order chi connectivity index (χ1) is 9.72. The number of benzene rings is 1. The van der Waals surface area contributed by atoms with E-state index in [1.54, 1.807) is 4.52 Å². The Bertz CT molecular complexity index is 897. The maximum Gasteiger partial charge on any atom is 0.182 e. The number of fused-ring (bicyclic) bond motifs is 2. The fourth-order valence-corrected chi connectivity index (χ4v) is 2.68. The zero-order chi connectivity index (χ0) is 13.7. The molecule has 3 aromatic heterocycles. The van der Waals surface area contributed by atoms with Crippen LogP contribution >= 0.6 is 0 Å². The van der Waals surface area contributed by atoms with Gasteiger partial charge in [-0.1, -0.05) is 6.07 Å². The van der Waals surface area contributed by atoms with Crippen molar-refractivity contribution in [2.24, 2.45) is 7.05 Å². The summed E-state index contributed by atoms with van der Waals surface area (Å²) < 4.78 is 3.95. The molecule has 0 unspecified atom stereocenters. The fourth-order valence-electron chi connectivity index (χ4n) is 2.68. The molecule has 4 aromatic rings. The molecular weight excluding hydrogens is 248 g/mol. The Hall–Kier alpha value is -2.62. The normalized spacial score (nSPS) is 11.5. The van der Waals surface area contributed by atoms with Crippen LogP contribution in [0.1, 0.15) is 5.56 Å². The van der Waals surface area contributed by atoms with E-state index in [2.05, 4.69) is 53.0 Å². The summed E-state index contributed by atoms with van der Waals surface area (Å²) in [4.78, 5) is 4.57. The molecule has 0 aliphatic rings. The van der Waals surface area contributed by atoms with Crippen LogP contribution in [0, 0.1) is 6.92 Å². The summed E-state index contributed by atoms with van der Waals surface area (Å²) in [5.74, 6) is 0.765. The zero-order valence-electron chi connectivity index (χ0n) is 11.4. The van der Waals surface area contributed by atoms with Gasteiger partial charge in [-0.25, -0.2) is 9.50 Å². The van der Waals surface area contributed by atoms with Crippen LogP contribution in [0.15, 0.2) is 48.8 Å². The third-order valence-electron chi connectivity index (χ3n) is 3.69. The minimum Gasteiger partial charge on any atom is -0.350 e. The number of rotatable bonds is 1. The second kappa shape index (κ2) is 3.93. The standard InChI is InChI=1S/C16H14N4/c1-11-10-19(2)14-7-6-12(9-13(11)14)16-17-15-5-3-4-8-20(15)18-16/h3-10H,1-2H3. The third kappa shape index (κ3) is 1.54. The van der Waals surface area contributed by atoms with E-state index in [4.69, 9.17) is 0 Å². The van der Waals surface area contributed by atoms with Gasteiger partial charge in [0.25, 0.3) is 0 Å². The van der Waals surface area contributed by atoms with E-state index in [0.717, 1.165) is 17.0 Å². The molecule has 98 valence electrons. The monoisotopic (exact) mass is 262 g/mol. The highest BCUT2D eigenvalue weighted by atomic mass is 15.3. The highest BCUT2D eigenvalue weighted by molar-refractivity contribution is 5.87. The molecule has 0 N–H and O–H groups in total. The van der Waals surface area contributed by atoms with Crippen molar-refractivity contribution in [3.8, 4) is 11.4 Å². The largest absolute Gasteiger partial charge is 0.350 e. The average Bonchev–Trinajstić information content (AvgIpc) is 3.01. The molecule has 4 nitrogen and oxygen atoms in total. The summed E-state index contributed by atoms with van der Waals surface area (Å²) in [7, 11) is 2.07. The lowest BCUT2D eigenvalue weighted by Crippen LogP contribution is -1.86. The van der Waals surface area contributed by atoms with E-state index < -0.39 is 0 Å². The van der Waals surface area contributed by atoms with Crippen LogP contribution in [0.3, 0.4) is 0 Å². The van der Waals surface area contributed by atoms with E-state index in [-0.39, 0.29) is 0 Å². The predicted octanol–water partition coefficient (Wildman–Crippen LogP) is 3.20. The van der Waals surface area contributed by atoms with Gasteiger partial charge in [0.2, 0.25) is 0 Å². The zero-order valence-corrected chi connectivity index (χ0v) is 11.4. The topological polar surface area (TPSA) is 35.1 Å². The van der Waals surface area contributed by atoms with Crippen LogP contribution < -0.4 is 0 Å². The second-order valence-corrected chi connectivity index (χ2v) is 5.09. The van der Waals surface area contributed by atoms with E-state index in [1.165, 1.54) is 16.5 Å². The Labute approximate surface area is 116 Å². The third-order valence-corrected chi connectivity index (χ3v) is 3.69. The van der Waals surface area contributed by atoms with Gasteiger partial charge in [-0.15, -0.1) is 5.10 Å². The number of hydrogen-bond acceptors (Lipinski definition) is 2. The summed E-state index contributed by atoms with van der Waals surface area (Å²) in [5, 5.41) is 5.78. The molecule has 0 atom stereocenters. The molecule has 0 amide bonds. The lowest BCUT2D eigenvalue weighted by Gasteiger charge is -1.99. The lowest BCUT2D eigenvalue weighted by molar-refractivity contribution is 0.962. The molecule has 0 fully saturated rings. The number of aryl methyl sites for hydroxylation is 2. The van der Waals surface area contributed by atoms with E-state index >= 15 is 0 Å². The quantitative estimate of drug-likeness (QED) is 0.528. The molecule has 0 saturated heterocycles. The summed E-state index contributed by atoms with van der Waals surface area (Å²) in [5.41, 5.74) is 4.42. The highest BCUT2D eigenvalue weighted by Crippen LogP contribution is 2.25. The Kier molecular flexibility index (Phi) is 2.21. The van der Waals surface area contributed by atoms with E-state index in [9.17, 15) is 0 Å².